The van der Waals surface area contributed by atoms with Gasteiger partial charge in [0.15, 0.2) is 6.10 Å². The van der Waals surface area contributed by atoms with Gasteiger partial charge in [-0.05, 0) is 25.7 Å². The molecule has 0 fully saturated rings. The lowest BCUT2D eigenvalue weighted by Gasteiger charge is -2.15. The molecule has 7 heteroatoms. The molecule has 0 aliphatic heterocycles. The molecule has 0 rings (SSSR count). The number of aliphatic hydroxyl groups excluding tert-OH is 1. The molecule has 1 atom stereocenters. The maximum absolute atomic E-state index is 11.9. The van der Waals surface area contributed by atoms with Crippen molar-refractivity contribution in [3.8, 4) is 0 Å². The van der Waals surface area contributed by atoms with Crippen molar-refractivity contribution < 1.29 is 34.1 Å². The summed E-state index contributed by atoms with van der Waals surface area (Å²) in [5.74, 6) is -2.04. The molecular weight excluding hydrogens is 436 g/mol. The molecule has 7 nitrogen and oxygen atoms in total. The Hall–Kier alpha value is -1.63. The fourth-order valence-corrected chi connectivity index (χ4v) is 3.81. The van der Waals surface area contributed by atoms with Crippen LogP contribution in [0.5, 0.6) is 0 Å². The number of carboxylic acids is 1. The second-order valence-electron chi connectivity index (χ2n) is 9.26. The third-order valence-electron chi connectivity index (χ3n) is 5.93. The largest absolute Gasteiger partial charge is 0.550 e. The van der Waals surface area contributed by atoms with Crippen LogP contribution in [-0.2, 0) is 23.9 Å². The zero-order valence-electron chi connectivity index (χ0n) is 21.5. The van der Waals surface area contributed by atoms with E-state index < -0.39 is 30.6 Å². The number of carbonyl (C=O) groups excluding carboxylic acids is 3. The van der Waals surface area contributed by atoms with E-state index in [0.29, 0.717) is 19.3 Å². The van der Waals surface area contributed by atoms with Crippen molar-refractivity contribution in [2.45, 2.75) is 141 Å². The van der Waals surface area contributed by atoms with E-state index in [1.165, 1.54) is 77.0 Å². The van der Waals surface area contributed by atoms with E-state index in [-0.39, 0.29) is 19.4 Å². The maximum Gasteiger partial charge on any atom is 0.306 e. The Morgan fingerprint density at radius 1 is 0.647 bits per heavy atom. The van der Waals surface area contributed by atoms with Crippen LogP contribution in [0.1, 0.15) is 135 Å². The van der Waals surface area contributed by atoms with Gasteiger partial charge in [0.05, 0.1) is 6.61 Å². The van der Waals surface area contributed by atoms with E-state index >= 15 is 0 Å². The highest BCUT2D eigenvalue weighted by Crippen LogP contribution is 2.14. The molecule has 0 aliphatic carbocycles. The maximum atomic E-state index is 11.9. The van der Waals surface area contributed by atoms with Gasteiger partial charge in [0.2, 0.25) is 0 Å². The molecule has 1 unspecified atom stereocenters. The molecule has 0 amide bonds. The number of hydrogen-bond acceptors (Lipinski definition) is 7. The summed E-state index contributed by atoms with van der Waals surface area (Å²) in [6.07, 6.45) is 19.0. The second kappa shape index (κ2) is 24.5. The molecule has 1 N–H and O–H groups in total. The molecule has 0 aromatic carbocycles. The van der Waals surface area contributed by atoms with Gasteiger partial charge < -0.3 is 24.5 Å². The lowest BCUT2D eigenvalue weighted by Crippen LogP contribution is -2.28. The minimum atomic E-state index is -1.14. The topological polar surface area (TPSA) is 113 Å². The molecule has 0 heterocycles. The predicted molar refractivity (Wildman–Crippen MR) is 131 cm³/mol. The molecule has 0 aromatic heterocycles. The van der Waals surface area contributed by atoms with Gasteiger partial charge in [-0.15, -0.1) is 0 Å². The molecule has 0 radical (unpaired) electrons. The minimum Gasteiger partial charge on any atom is -0.550 e. The summed E-state index contributed by atoms with van der Waals surface area (Å²) in [6, 6.07) is 0. The normalized spacial score (nSPS) is 11.8. The lowest BCUT2D eigenvalue weighted by atomic mass is 10.0. The molecule has 0 spiro atoms. The first kappa shape index (κ1) is 32.4. The van der Waals surface area contributed by atoms with Gasteiger partial charge in [-0.25, -0.2) is 0 Å². The smallest absolute Gasteiger partial charge is 0.306 e. The highest BCUT2D eigenvalue weighted by molar-refractivity contribution is 5.70. The number of carboxylic acid groups (broad SMARTS) is 1. The van der Waals surface area contributed by atoms with Gasteiger partial charge in [0.1, 0.15) is 6.61 Å². The number of carbonyl (C=O) groups is 3. The Morgan fingerprint density at radius 3 is 1.53 bits per heavy atom. The number of aliphatic hydroxyl groups is 1. The summed E-state index contributed by atoms with van der Waals surface area (Å²) in [4.78, 5) is 33.9. The highest BCUT2D eigenvalue weighted by atomic mass is 16.6. The summed E-state index contributed by atoms with van der Waals surface area (Å²) in [5, 5.41) is 19.6. The molecule has 0 saturated heterocycles. The number of aliphatic carboxylic acids is 1. The molecular formula is C27H49O7-. The number of ether oxygens (including phenoxy) is 2. The fraction of sp³-hybridized carbons (Fsp3) is 0.889. The average Bonchev–Trinajstić information content (AvgIpc) is 2.81. The van der Waals surface area contributed by atoms with Crippen LogP contribution < -0.4 is 5.11 Å². The minimum absolute atomic E-state index is 0.0818. The summed E-state index contributed by atoms with van der Waals surface area (Å²) in [7, 11) is 0. The third kappa shape index (κ3) is 23.5. The van der Waals surface area contributed by atoms with E-state index in [9.17, 15) is 24.6 Å². The summed E-state index contributed by atoms with van der Waals surface area (Å²) in [5.41, 5.74) is 0. The van der Waals surface area contributed by atoms with Crippen molar-refractivity contribution in [2.75, 3.05) is 13.2 Å². The zero-order valence-corrected chi connectivity index (χ0v) is 21.5. The van der Waals surface area contributed by atoms with Gasteiger partial charge in [0.25, 0.3) is 0 Å². The van der Waals surface area contributed by atoms with Crippen LogP contribution in [0.15, 0.2) is 0 Å². The average molecular weight is 486 g/mol. The van der Waals surface area contributed by atoms with Gasteiger partial charge in [-0.1, -0.05) is 96.8 Å². The molecule has 0 aromatic rings. The number of esters is 2. The highest BCUT2D eigenvalue weighted by Gasteiger charge is 2.16. The van der Waals surface area contributed by atoms with Crippen LogP contribution in [-0.4, -0.2) is 42.3 Å². The third-order valence-corrected chi connectivity index (χ3v) is 5.93. The summed E-state index contributed by atoms with van der Waals surface area (Å²) >= 11 is 0. The number of hydrogen-bond donors (Lipinski definition) is 1. The van der Waals surface area contributed by atoms with Crippen LogP contribution in [0, 0.1) is 0 Å². The Kier molecular flexibility index (Phi) is 23.3. The first-order valence-corrected chi connectivity index (χ1v) is 13.6. The lowest BCUT2D eigenvalue weighted by molar-refractivity contribution is -0.305. The Labute approximate surface area is 207 Å². The molecule has 34 heavy (non-hydrogen) atoms. The van der Waals surface area contributed by atoms with Gasteiger partial charge in [-0.2, -0.15) is 0 Å². The van der Waals surface area contributed by atoms with E-state index in [1.54, 1.807) is 0 Å². The quantitative estimate of drug-likeness (QED) is 0.143. The number of unbranched alkanes of at least 4 members (excludes halogenated alkanes) is 15. The zero-order chi connectivity index (χ0) is 25.3. The number of rotatable bonds is 25. The van der Waals surface area contributed by atoms with Crippen molar-refractivity contribution in [3.63, 3.8) is 0 Å². The van der Waals surface area contributed by atoms with Crippen molar-refractivity contribution in [1.29, 1.82) is 0 Å². The first-order valence-electron chi connectivity index (χ1n) is 13.6. The van der Waals surface area contributed by atoms with Crippen molar-refractivity contribution in [3.05, 3.63) is 0 Å². The SMILES string of the molecule is CCCCCCCCCCCCCCCCCC(=O)OC(CO)COC(=O)CCCCC(=O)[O-]. The second-order valence-corrected chi connectivity index (χ2v) is 9.26. The monoisotopic (exact) mass is 485 g/mol. The fourth-order valence-electron chi connectivity index (χ4n) is 3.81. The Balaban J connectivity index is 3.53. The molecule has 0 aliphatic rings. The standard InChI is InChI=1S/C27H50O7/c1-2-3-4-5-6-7-8-9-10-11-12-13-14-15-16-21-27(32)34-24(22-28)23-33-26(31)20-18-17-19-25(29)30/h24,28H,2-23H2,1H3,(H,29,30)/p-1. The van der Waals surface area contributed by atoms with Crippen LogP contribution >= 0.6 is 0 Å². The van der Waals surface area contributed by atoms with Crippen LogP contribution in [0.2, 0.25) is 0 Å². The Bertz CT molecular complexity index is 507. The Morgan fingerprint density at radius 2 is 1.06 bits per heavy atom. The molecule has 200 valence electrons. The van der Waals surface area contributed by atoms with Gasteiger partial charge >= 0.3 is 11.9 Å². The van der Waals surface area contributed by atoms with Gasteiger partial charge in [-0.3, -0.25) is 9.59 Å². The summed E-state index contributed by atoms with van der Waals surface area (Å²) < 4.78 is 10.2. The predicted octanol–water partition coefficient (Wildman–Crippen LogP) is 5.01. The van der Waals surface area contributed by atoms with E-state index in [1.807, 2.05) is 0 Å². The van der Waals surface area contributed by atoms with Crippen LogP contribution in [0.25, 0.3) is 0 Å². The van der Waals surface area contributed by atoms with Gasteiger partial charge in [0, 0.05) is 18.8 Å². The first-order chi connectivity index (χ1) is 16.5. The summed E-state index contributed by atoms with van der Waals surface area (Å²) in [6.45, 7) is 1.64. The van der Waals surface area contributed by atoms with Crippen molar-refractivity contribution in [1.82, 2.24) is 0 Å². The van der Waals surface area contributed by atoms with E-state index in [0.717, 1.165) is 19.3 Å². The van der Waals surface area contributed by atoms with Crippen LogP contribution in [0.3, 0.4) is 0 Å². The van der Waals surface area contributed by atoms with Crippen molar-refractivity contribution >= 4 is 17.9 Å². The molecule has 0 bridgehead atoms. The van der Waals surface area contributed by atoms with E-state index in [2.05, 4.69) is 6.92 Å². The van der Waals surface area contributed by atoms with E-state index in [4.69, 9.17) is 9.47 Å². The van der Waals surface area contributed by atoms with Crippen LogP contribution in [0.4, 0.5) is 0 Å². The van der Waals surface area contributed by atoms with Crippen molar-refractivity contribution in [2.24, 2.45) is 0 Å². The molecule has 0 saturated carbocycles.